The molecule has 1 atom stereocenters. The number of nitrogens with one attached hydrogen (secondary N) is 1. The van der Waals surface area contributed by atoms with E-state index in [0.29, 0.717) is 18.8 Å². The molecule has 0 aliphatic carbocycles. The van der Waals surface area contributed by atoms with E-state index in [1.807, 2.05) is 18.2 Å². The summed E-state index contributed by atoms with van der Waals surface area (Å²) in [6.45, 7) is 0.779. The van der Waals surface area contributed by atoms with Crippen molar-refractivity contribution in [2.45, 2.75) is 18.9 Å². The van der Waals surface area contributed by atoms with E-state index in [9.17, 15) is 13.2 Å². The summed E-state index contributed by atoms with van der Waals surface area (Å²) in [5.74, 6) is 0.397. The number of ether oxygens (including phenoxy) is 1. The molecule has 7 heteroatoms. The zero-order valence-electron chi connectivity index (χ0n) is 12.0. The van der Waals surface area contributed by atoms with Gasteiger partial charge in [0.05, 0.1) is 6.26 Å². The van der Waals surface area contributed by atoms with Crippen molar-refractivity contribution in [2.75, 3.05) is 26.0 Å². The second-order valence-corrected chi connectivity index (χ2v) is 7.11. The van der Waals surface area contributed by atoms with Crippen molar-refractivity contribution in [2.24, 2.45) is 0 Å². The van der Waals surface area contributed by atoms with E-state index in [0.717, 1.165) is 12.8 Å². The van der Waals surface area contributed by atoms with Gasteiger partial charge >= 0.3 is 0 Å². The second-order valence-electron chi connectivity index (χ2n) is 5.13. The largest absolute Gasteiger partial charge is 0.484 e. The molecule has 21 heavy (non-hydrogen) atoms. The van der Waals surface area contributed by atoms with Gasteiger partial charge in [-0.05, 0) is 25.0 Å². The molecule has 1 unspecified atom stereocenters. The maximum atomic E-state index is 11.8. The van der Waals surface area contributed by atoms with Crippen molar-refractivity contribution in [3.05, 3.63) is 30.3 Å². The number of para-hydroxylation sites is 1. The van der Waals surface area contributed by atoms with Gasteiger partial charge in [0.25, 0.3) is 5.91 Å². The molecule has 0 aromatic heterocycles. The zero-order valence-corrected chi connectivity index (χ0v) is 12.8. The Balaban J connectivity index is 1.80. The van der Waals surface area contributed by atoms with Crippen LogP contribution in [0.4, 0.5) is 0 Å². The summed E-state index contributed by atoms with van der Waals surface area (Å²) in [5, 5.41) is 2.82. The first-order valence-corrected chi connectivity index (χ1v) is 8.72. The highest BCUT2D eigenvalue weighted by Gasteiger charge is 2.26. The molecule has 0 saturated carbocycles. The highest BCUT2D eigenvalue weighted by Crippen LogP contribution is 2.13. The van der Waals surface area contributed by atoms with E-state index in [1.165, 1.54) is 10.6 Å². The first-order valence-electron chi connectivity index (χ1n) is 6.87. The summed E-state index contributed by atoms with van der Waals surface area (Å²) in [4.78, 5) is 11.8. The predicted molar refractivity (Wildman–Crippen MR) is 79.5 cm³/mol. The fraction of sp³-hybridized carbons (Fsp3) is 0.500. The van der Waals surface area contributed by atoms with E-state index in [-0.39, 0.29) is 18.6 Å². The molecule has 0 radical (unpaired) electrons. The van der Waals surface area contributed by atoms with Gasteiger partial charge in [0, 0.05) is 19.1 Å². The Labute approximate surface area is 125 Å². The molecular weight excluding hydrogens is 292 g/mol. The summed E-state index contributed by atoms with van der Waals surface area (Å²) in [5.41, 5.74) is 0. The van der Waals surface area contributed by atoms with Crippen LogP contribution in [0.15, 0.2) is 30.3 Å². The van der Waals surface area contributed by atoms with E-state index in [2.05, 4.69) is 5.32 Å². The van der Waals surface area contributed by atoms with E-state index < -0.39 is 10.0 Å². The Morgan fingerprint density at radius 1 is 1.38 bits per heavy atom. The average molecular weight is 312 g/mol. The average Bonchev–Trinajstić information content (AvgIpc) is 2.46. The number of hydrogen-bond donors (Lipinski definition) is 1. The van der Waals surface area contributed by atoms with Crippen LogP contribution >= 0.6 is 0 Å². The van der Waals surface area contributed by atoms with Crippen LogP contribution in [-0.2, 0) is 14.8 Å². The van der Waals surface area contributed by atoms with Crippen LogP contribution in [0.25, 0.3) is 0 Å². The molecule has 1 aromatic carbocycles. The molecule has 0 spiro atoms. The number of sulfonamides is 1. The molecule has 1 aliphatic heterocycles. The van der Waals surface area contributed by atoms with Crippen molar-refractivity contribution < 1.29 is 17.9 Å². The third-order valence-electron chi connectivity index (χ3n) is 3.33. The van der Waals surface area contributed by atoms with Gasteiger partial charge in [-0.15, -0.1) is 0 Å². The third kappa shape index (κ3) is 5.02. The quantitative estimate of drug-likeness (QED) is 0.864. The lowest BCUT2D eigenvalue weighted by atomic mass is 10.1. The molecule has 116 valence electrons. The zero-order chi connectivity index (χ0) is 15.3. The normalized spacial score (nSPS) is 20.0. The van der Waals surface area contributed by atoms with Crippen molar-refractivity contribution in [1.29, 1.82) is 0 Å². The van der Waals surface area contributed by atoms with Gasteiger partial charge in [-0.2, -0.15) is 0 Å². The lowest BCUT2D eigenvalue weighted by Gasteiger charge is -2.31. The second kappa shape index (κ2) is 6.91. The highest BCUT2D eigenvalue weighted by atomic mass is 32.2. The molecule has 1 amide bonds. The number of carbonyl (C=O) groups excluding carboxylic acids is 1. The van der Waals surface area contributed by atoms with Gasteiger partial charge in [-0.3, -0.25) is 4.79 Å². The molecule has 1 fully saturated rings. The minimum Gasteiger partial charge on any atom is -0.484 e. The Hall–Kier alpha value is -1.60. The third-order valence-corrected chi connectivity index (χ3v) is 4.60. The number of piperidine rings is 1. The molecule has 2 rings (SSSR count). The fourth-order valence-corrected chi connectivity index (χ4v) is 3.21. The molecule has 1 aliphatic rings. The van der Waals surface area contributed by atoms with Gasteiger partial charge < -0.3 is 10.1 Å². The lowest BCUT2D eigenvalue weighted by molar-refractivity contribution is -0.124. The molecular formula is C14H20N2O4S. The Morgan fingerprint density at radius 2 is 2.10 bits per heavy atom. The smallest absolute Gasteiger partial charge is 0.258 e. The van der Waals surface area contributed by atoms with Gasteiger partial charge in [-0.25, -0.2) is 12.7 Å². The molecule has 1 aromatic rings. The minimum absolute atomic E-state index is 0.0701. The molecule has 1 saturated heterocycles. The highest BCUT2D eigenvalue weighted by molar-refractivity contribution is 7.88. The fourth-order valence-electron chi connectivity index (χ4n) is 2.30. The summed E-state index contributed by atoms with van der Waals surface area (Å²) in [7, 11) is -3.20. The summed E-state index contributed by atoms with van der Waals surface area (Å²) in [6.07, 6.45) is 2.72. The SMILES string of the molecule is CS(=O)(=O)N1CCCC(NC(=O)COc2ccccc2)C1. The van der Waals surface area contributed by atoms with Crippen molar-refractivity contribution in [1.82, 2.24) is 9.62 Å². The number of amides is 1. The predicted octanol–water partition coefficient (Wildman–Crippen LogP) is 0.606. The molecule has 6 nitrogen and oxygen atoms in total. The number of carbonyl (C=O) groups is 1. The molecule has 1 heterocycles. The first-order chi connectivity index (χ1) is 9.95. The number of nitrogens with zero attached hydrogens (tertiary/aromatic N) is 1. The van der Waals surface area contributed by atoms with Gasteiger partial charge in [0.2, 0.25) is 10.0 Å². The summed E-state index contributed by atoms with van der Waals surface area (Å²) < 4.78 is 29.8. The molecule has 0 bridgehead atoms. The van der Waals surface area contributed by atoms with Gasteiger partial charge in [0.1, 0.15) is 5.75 Å². The van der Waals surface area contributed by atoms with Crippen LogP contribution in [0.2, 0.25) is 0 Å². The summed E-state index contributed by atoms with van der Waals surface area (Å²) in [6, 6.07) is 8.93. The maximum Gasteiger partial charge on any atom is 0.258 e. The lowest BCUT2D eigenvalue weighted by Crippen LogP contribution is -2.50. The van der Waals surface area contributed by atoms with Crippen LogP contribution in [0.5, 0.6) is 5.75 Å². The standard InChI is InChI=1S/C14H20N2O4S/c1-21(18,19)16-9-5-6-12(10-16)15-14(17)11-20-13-7-3-2-4-8-13/h2-4,7-8,12H,5-6,9-11H2,1H3,(H,15,17). The van der Waals surface area contributed by atoms with Crippen LogP contribution in [0.1, 0.15) is 12.8 Å². The maximum absolute atomic E-state index is 11.8. The molecule has 1 N–H and O–H groups in total. The van der Waals surface area contributed by atoms with Gasteiger partial charge in [0.15, 0.2) is 6.61 Å². The van der Waals surface area contributed by atoms with Crippen molar-refractivity contribution in [3.8, 4) is 5.75 Å². The van der Waals surface area contributed by atoms with Crippen molar-refractivity contribution >= 4 is 15.9 Å². The first kappa shape index (κ1) is 15.8. The van der Waals surface area contributed by atoms with E-state index in [1.54, 1.807) is 12.1 Å². The monoisotopic (exact) mass is 312 g/mol. The van der Waals surface area contributed by atoms with E-state index >= 15 is 0 Å². The van der Waals surface area contributed by atoms with Crippen LogP contribution in [-0.4, -0.2) is 50.6 Å². The number of hydrogen-bond acceptors (Lipinski definition) is 4. The Bertz CT molecular complexity index is 574. The van der Waals surface area contributed by atoms with Crippen molar-refractivity contribution in [3.63, 3.8) is 0 Å². The Kier molecular flexibility index (Phi) is 5.19. The van der Waals surface area contributed by atoms with E-state index in [4.69, 9.17) is 4.74 Å². The van der Waals surface area contributed by atoms with Crippen LogP contribution < -0.4 is 10.1 Å². The minimum atomic E-state index is -3.20. The van der Waals surface area contributed by atoms with Crippen LogP contribution in [0.3, 0.4) is 0 Å². The number of rotatable bonds is 5. The van der Waals surface area contributed by atoms with Gasteiger partial charge in [-0.1, -0.05) is 18.2 Å². The Morgan fingerprint density at radius 3 is 2.76 bits per heavy atom. The van der Waals surface area contributed by atoms with Crippen LogP contribution in [0, 0.1) is 0 Å². The number of benzene rings is 1. The topological polar surface area (TPSA) is 75.7 Å². The summed E-state index contributed by atoms with van der Waals surface area (Å²) >= 11 is 0.